The lowest BCUT2D eigenvalue weighted by Gasteiger charge is -2.41. The number of alkyl halides is 2. The molecule has 3 nitrogen and oxygen atoms in total. The summed E-state index contributed by atoms with van der Waals surface area (Å²) in [4.78, 5) is 0. The summed E-state index contributed by atoms with van der Waals surface area (Å²) in [5.41, 5.74) is 2.30. The topological polar surface area (TPSA) is 27.7 Å². The molecule has 150 valence electrons. The van der Waals surface area contributed by atoms with Crippen LogP contribution in [-0.2, 0) is 14.2 Å². The van der Waals surface area contributed by atoms with Crippen molar-refractivity contribution in [3.8, 4) is 0 Å². The van der Waals surface area contributed by atoms with E-state index in [1.165, 1.54) is 0 Å². The quantitative estimate of drug-likeness (QED) is 0.299. The first-order valence-corrected chi connectivity index (χ1v) is 13.0. The average Bonchev–Trinajstić information content (AvgIpc) is 3.16. The van der Waals surface area contributed by atoms with Gasteiger partial charge in [0.1, 0.15) is 12.2 Å². The zero-order valence-corrected chi connectivity index (χ0v) is 20.1. The Morgan fingerprint density at radius 2 is 1.25 bits per heavy atom. The van der Waals surface area contributed by atoms with E-state index in [-0.39, 0.29) is 24.4 Å². The van der Waals surface area contributed by atoms with Crippen molar-refractivity contribution in [1.29, 1.82) is 0 Å². The van der Waals surface area contributed by atoms with Crippen LogP contribution in [0.5, 0.6) is 0 Å². The fraction of sp³-hybridized carbons (Fsp3) is 0.478. The summed E-state index contributed by atoms with van der Waals surface area (Å²) in [7, 11) is 0. The van der Waals surface area contributed by atoms with E-state index in [9.17, 15) is 0 Å². The maximum Gasteiger partial charge on any atom is 0.169 e. The first-order chi connectivity index (χ1) is 13.7. The van der Waals surface area contributed by atoms with Gasteiger partial charge in [-0.15, -0.1) is 0 Å². The number of rotatable bonds is 4. The van der Waals surface area contributed by atoms with Crippen LogP contribution in [0.3, 0.4) is 0 Å². The van der Waals surface area contributed by atoms with Crippen LogP contribution in [0.15, 0.2) is 60.7 Å². The van der Waals surface area contributed by atoms with Gasteiger partial charge < -0.3 is 14.2 Å². The Labute approximate surface area is 194 Å². The molecule has 28 heavy (non-hydrogen) atoms. The number of hydrogen-bond acceptors (Lipinski definition) is 3. The minimum atomic E-state index is -0.503. The third kappa shape index (κ3) is 4.74. The van der Waals surface area contributed by atoms with Crippen molar-refractivity contribution >= 4 is 45.2 Å². The second kappa shape index (κ2) is 9.73. The van der Waals surface area contributed by atoms with Gasteiger partial charge in [-0.25, -0.2) is 0 Å². The molecule has 2 aromatic carbocycles. The Morgan fingerprint density at radius 1 is 0.714 bits per heavy atom. The second-order valence-corrected chi connectivity index (χ2v) is 9.34. The second-order valence-electron chi connectivity index (χ2n) is 7.58. The van der Waals surface area contributed by atoms with E-state index in [0.717, 1.165) is 45.7 Å². The molecule has 5 heteroatoms. The summed E-state index contributed by atoms with van der Waals surface area (Å²) in [6.45, 7) is 0. The van der Waals surface area contributed by atoms with Gasteiger partial charge >= 0.3 is 0 Å². The lowest BCUT2D eigenvalue weighted by atomic mass is 9.94. The highest BCUT2D eigenvalue weighted by Crippen LogP contribution is 2.47. The van der Waals surface area contributed by atoms with Gasteiger partial charge in [-0.05, 0) is 24.0 Å². The van der Waals surface area contributed by atoms with E-state index >= 15 is 0 Å². The fourth-order valence-corrected chi connectivity index (χ4v) is 5.42. The Balaban J connectivity index is 1.74. The Hall–Kier alpha value is -0.220. The average molecular weight is 604 g/mol. The van der Waals surface area contributed by atoms with Crippen molar-refractivity contribution in [3.05, 3.63) is 71.8 Å². The van der Waals surface area contributed by atoms with Gasteiger partial charge in [0.25, 0.3) is 0 Å². The van der Waals surface area contributed by atoms with Gasteiger partial charge in [-0.1, -0.05) is 106 Å². The zero-order valence-electron chi connectivity index (χ0n) is 15.8. The van der Waals surface area contributed by atoms with Crippen molar-refractivity contribution in [2.75, 3.05) is 8.86 Å². The van der Waals surface area contributed by atoms with Crippen LogP contribution in [0.2, 0.25) is 0 Å². The molecule has 0 N–H and O–H groups in total. The molecule has 2 heterocycles. The molecular weight excluding hydrogens is 578 g/mol. The third-order valence-corrected chi connectivity index (χ3v) is 7.60. The number of ether oxygens (including phenoxy) is 3. The van der Waals surface area contributed by atoms with Crippen LogP contribution in [0.4, 0.5) is 0 Å². The van der Waals surface area contributed by atoms with Crippen LogP contribution < -0.4 is 0 Å². The number of halogens is 2. The van der Waals surface area contributed by atoms with Crippen molar-refractivity contribution < 1.29 is 14.2 Å². The van der Waals surface area contributed by atoms with Crippen LogP contribution in [0, 0.1) is 0 Å². The first-order valence-electron chi connectivity index (χ1n) is 9.96. The molecule has 2 aliphatic heterocycles. The fourth-order valence-electron chi connectivity index (χ4n) is 4.16. The standard InChI is InChI=1S/C23H26I2O3/c24-15-19-11-13-23(14-12-20(16-25)27-23)28-22(18-9-5-2-6-10-18)21(26-19)17-7-3-1-4-8-17/h1-10,19-22H,11-16H2/t19-,20+,21-,22-,23-/m1/s1. The Morgan fingerprint density at radius 3 is 1.79 bits per heavy atom. The summed E-state index contributed by atoms with van der Waals surface area (Å²) >= 11 is 4.86. The van der Waals surface area contributed by atoms with Crippen LogP contribution in [-0.4, -0.2) is 26.9 Å². The maximum absolute atomic E-state index is 6.86. The summed E-state index contributed by atoms with van der Waals surface area (Å²) in [6, 6.07) is 21.0. The van der Waals surface area contributed by atoms with E-state index in [4.69, 9.17) is 14.2 Å². The molecule has 0 saturated carbocycles. The number of benzene rings is 2. The molecular formula is C23H26I2O3. The molecule has 2 aromatic rings. The van der Waals surface area contributed by atoms with Gasteiger partial charge in [-0.3, -0.25) is 0 Å². The predicted octanol–water partition coefficient (Wildman–Crippen LogP) is 6.41. The monoisotopic (exact) mass is 604 g/mol. The van der Waals surface area contributed by atoms with E-state index in [1.807, 2.05) is 12.1 Å². The largest absolute Gasteiger partial charge is 0.366 e. The molecule has 0 radical (unpaired) electrons. The van der Waals surface area contributed by atoms with E-state index < -0.39 is 5.79 Å². The van der Waals surface area contributed by atoms with Crippen LogP contribution in [0.1, 0.15) is 49.0 Å². The molecule has 0 aromatic heterocycles. The van der Waals surface area contributed by atoms with Gasteiger partial charge in [-0.2, -0.15) is 0 Å². The highest BCUT2D eigenvalue weighted by Gasteiger charge is 2.46. The van der Waals surface area contributed by atoms with Gasteiger partial charge in [0, 0.05) is 21.7 Å². The molecule has 1 spiro atoms. The van der Waals surface area contributed by atoms with Gasteiger partial charge in [0.05, 0.1) is 12.2 Å². The minimum Gasteiger partial charge on any atom is -0.366 e. The molecule has 2 saturated heterocycles. The maximum atomic E-state index is 6.86. The zero-order chi connectivity index (χ0) is 19.4. The summed E-state index contributed by atoms with van der Waals surface area (Å²) in [5, 5.41) is 0. The minimum absolute atomic E-state index is 0.150. The summed E-state index contributed by atoms with van der Waals surface area (Å²) < 4.78 is 22.0. The molecule has 4 rings (SSSR count). The normalized spacial score (nSPS) is 33.5. The van der Waals surface area contributed by atoms with Crippen molar-refractivity contribution in [1.82, 2.24) is 0 Å². The van der Waals surface area contributed by atoms with Crippen molar-refractivity contribution in [2.24, 2.45) is 0 Å². The number of hydrogen-bond donors (Lipinski definition) is 0. The predicted molar refractivity (Wildman–Crippen MR) is 128 cm³/mol. The Bertz CT molecular complexity index is 742. The lowest BCUT2D eigenvalue weighted by molar-refractivity contribution is -0.287. The summed E-state index contributed by atoms with van der Waals surface area (Å²) in [6.07, 6.45) is 4.01. The van der Waals surface area contributed by atoms with Crippen LogP contribution in [0.25, 0.3) is 0 Å². The highest BCUT2D eigenvalue weighted by atomic mass is 127. The molecule has 5 atom stereocenters. The summed E-state index contributed by atoms with van der Waals surface area (Å²) in [5.74, 6) is -0.503. The lowest BCUT2D eigenvalue weighted by Crippen LogP contribution is -2.41. The molecule has 2 fully saturated rings. The van der Waals surface area contributed by atoms with E-state index in [0.29, 0.717) is 0 Å². The molecule has 0 aliphatic carbocycles. The molecule has 2 aliphatic rings. The first kappa shape index (κ1) is 21.0. The smallest absolute Gasteiger partial charge is 0.169 e. The van der Waals surface area contributed by atoms with E-state index in [1.54, 1.807) is 0 Å². The SMILES string of the molecule is IC[C@H]1CC[C@]2(CC[C@@H](CI)O2)O[C@H](c2ccccc2)[C@@H](c2ccccc2)O1. The van der Waals surface area contributed by atoms with Crippen molar-refractivity contribution in [2.45, 2.75) is 55.9 Å². The molecule has 0 unspecified atom stereocenters. The van der Waals surface area contributed by atoms with Crippen molar-refractivity contribution in [3.63, 3.8) is 0 Å². The third-order valence-electron chi connectivity index (χ3n) is 5.63. The van der Waals surface area contributed by atoms with Gasteiger partial charge in [0.2, 0.25) is 0 Å². The van der Waals surface area contributed by atoms with E-state index in [2.05, 4.69) is 93.7 Å². The molecule has 0 bridgehead atoms. The van der Waals surface area contributed by atoms with Gasteiger partial charge in [0.15, 0.2) is 5.79 Å². The highest BCUT2D eigenvalue weighted by molar-refractivity contribution is 14.1. The Kier molecular flexibility index (Phi) is 7.30. The molecule has 0 amide bonds. The van der Waals surface area contributed by atoms with Crippen LogP contribution >= 0.6 is 45.2 Å².